The number of benzene rings is 3. The van der Waals surface area contributed by atoms with E-state index in [1.165, 1.54) is 18.3 Å². The molecule has 0 aliphatic rings. The topological polar surface area (TPSA) is 47.9 Å². The second kappa shape index (κ2) is 9.05. The molecule has 0 aromatic heterocycles. The van der Waals surface area contributed by atoms with Gasteiger partial charge in [0.2, 0.25) is 0 Å². The second-order valence-electron chi connectivity index (χ2n) is 5.87. The van der Waals surface area contributed by atoms with Gasteiger partial charge in [-0.3, -0.25) is 4.99 Å². The first-order valence-electron chi connectivity index (χ1n) is 8.70. The Hall–Kier alpha value is -3.61. The third kappa shape index (κ3) is 5.01. The van der Waals surface area contributed by atoms with E-state index in [1.54, 1.807) is 36.4 Å². The minimum atomic E-state index is -1.57. The summed E-state index contributed by atoms with van der Waals surface area (Å²) in [6.07, 6.45) is 1.29. The molecule has 0 atom stereocenters. The molecule has 0 saturated heterocycles. The molecule has 3 aromatic carbocycles. The highest BCUT2D eigenvalue weighted by atomic mass is 19.2. The van der Waals surface area contributed by atoms with Gasteiger partial charge in [-0.15, -0.1) is 0 Å². The maximum atomic E-state index is 13.6. The van der Waals surface area contributed by atoms with Gasteiger partial charge in [-0.05, 0) is 73.2 Å². The average molecular weight is 399 g/mol. The molecule has 7 heteroatoms. The third-order valence-corrected chi connectivity index (χ3v) is 3.86. The smallest absolute Gasteiger partial charge is 0.343 e. The molecule has 0 saturated carbocycles. The van der Waals surface area contributed by atoms with Crippen molar-refractivity contribution >= 4 is 17.9 Å². The van der Waals surface area contributed by atoms with Crippen LogP contribution < -0.4 is 9.47 Å². The summed E-state index contributed by atoms with van der Waals surface area (Å²) in [4.78, 5) is 16.0. The number of hydrogen-bond acceptors (Lipinski definition) is 4. The quantitative estimate of drug-likeness (QED) is 0.239. The van der Waals surface area contributed by atoms with Gasteiger partial charge in [0.25, 0.3) is 0 Å². The highest BCUT2D eigenvalue weighted by Gasteiger charge is 2.12. The van der Waals surface area contributed by atoms with Crippen LogP contribution in [-0.4, -0.2) is 18.8 Å². The summed E-state index contributed by atoms with van der Waals surface area (Å²) in [7, 11) is 0. The van der Waals surface area contributed by atoms with Gasteiger partial charge < -0.3 is 9.47 Å². The third-order valence-electron chi connectivity index (χ3n) is 3.86. The lowest BCUT2D eigenvalue weighted by atomic mass is 10.2. The Bertz CT molecular complexity index is 1030. The van der Waals surface area contributed by atoms with Crippen molar-refractivity contribution in [2.24, 2.45) is 4.99 Å². The van der Waals surface area contributed by atoms with Gasteiger partial charge in [-0.1, -0.05) is 0 Å². The first-order valence-corrected chi connectivity index (χ1v) is 8.70. The van der Waals surface area contributed by atoms with E-state index in [9.17, 15) is 18.0 Å². The number of carbonyl (C=O) groups is 1. The van der Waals surface area contributed by atoms with Crippen LogP contribution in [0.5, 0.6) is 11.5 Å². The number of halogens is 3. The van der Waals surface area contributed by atoms with Crippen LogP contribution in [0.25, 0.3) is 0 Å². The Labute approximate surface area is 165 Å². The molecular formula is C22H16F3NO3. The largest absolute Gasteiger partial charge is 0.494 e. The van der Waals surface area contributed by atoms with Crippen LogP contribution in [0.1, 0.15) is 22.8 Å². The summed E-state index contributed by atoms with van der Waals surface area (Å²) in [6, 6.07) is 14.6. The predicted molar refractivity (Wildman–Crippen MR) is 103 cm³/mol. The number of rotatable bonds is 6. The molecule has 0 bridgehead atoms. The molecule has 3 rings (SSSR count). The van der Waals surface area contributed by atoms with Crippen LogP contribution in [0.15, 0.2) is 65.7 Å². The van der Waals surface area contributed by atoms with Crippen LogP contribution in [-0.2, 0) is 0 Å². The van der Waals surface area contributed by atoms with E-state index in [1.807, 2.05) is 6.92 Å². The van der Waals surface area contributed by atoms with Crippen molar-refractivity contribution in [3.05, 3.63) is 89.2 Å². The molecule has 0 aliphatic heterocycles. The van der Waals surface area contributed by atoms with E-state index in [4.69, 9.17) is 9.47 Å². The Kier molecular flexibility index (Phi) is 6.29. The van der Waals surface area contributed by atoms with E-state index in [0.717, 1.165) is 12.1 Å². The summed E-state index contributed by atoms with van der Waals surface area (Å²) >= 11 is 0. The molecule has 0 heterocycles. The first-order chi connectivity index (χ1) is 14.0. The standard InChI is InChI=1S/C22H16F3NO3/c1-2-28-16-9-5-15(6-10-16)22(27)29-17-7-3-14(4-8-17)13-26-19-12-11-18(23)20(24)21(19)25/h3-13H,2H2,1H3. The summed E-state index contributed by atoms with van der Waals surface area (Å²) in [6.45, 7) is 2.40. The molecule has 29 heavy (non-hydrogen) atoms. The van der Waals surface area contributed by atoms with E-state index < -0.39 is 23.4 Å². The zero-order chi connectivity index (χ0) is 20.8. The van der Waals surface area contributed by atoms with Crippen molar-refractivity contribution in [1.82, 2.24) is 0 Å². The minimum Gasteiger partial charge on any atom is -0.494 e. The molecule has 4 nitrogen and oxygen atoms in total. The molecule has 148 valence electrons. The Morgan fingerprint density at radius 3 is 2.21 bits per heavy atom. The maximum Gasteiger partial charge on any atom is 0.343 e. The van der Waals surface area contributed by atoms with Gasteiger partial charge in [0, 0.05) is 6.21 Å². The minimum absolute atomic E-state index is 0.306. The SMILES string of the molecule is CCOc1ccc(C(=O)Oc2ccc(C=Nc3ccc(F)c(F)c3F)cc2)cc1. The van der Waals surface area contributed by atoms with Crippen LogP contribution in [0.4, 0.5) is 18.9 Å². The van der Waals surface area contributed by atoms with Crippen molar-refractivity contribution in [1.29, 1.82) is 0 Å². The Balaban J connectivity index is 1.65. The predicted octanol–water partition coefficient (Wildman–Crippen LogP) is 5.47. The summed E-state index contributed by atoms with van der Waals surface area (Å²) in [5.74, 6) is -3.78. The number of esters is 1. The fourth-order valence-corrected chi connectivity index (χ4v) is 2.40. The van der Waals surface area contributed by atoms with E-state index in [0.29, 0.717) is 29.2 Å². The van der Waals surface area contributed by atoms with Crippen molar-refractivity contribution in [3.8, 4) is 11.5 Å². The van der Waals surface area contributed by atoms with Crippen molar-refractivity contribution in [2.45, 2.75) is 6.92 Å². The summed E-state index contributed by atoms with van der Waals surface area (Å²) in [5, 5.41) is 0. The van der Waals surface area contributed by atoms with E-state index in [-0.39, 0.29) is 5.69 Å². The molecular weight excluding hydrogens is 383 g/mol. The van der Waals surface area contributed by atoms with E-state index >= 15 is 0 Å². The Morgan fingerprint density at radius 2 is 1.55 bits per heavy atom. The van der Waals surface area contributed by atoms with Gasteiger partial charge in [0.1, 0.15) is 17.2 Å². The van der Waals surface area contributed by atoms with Crippen LogP contribution in [0.3, 0.4) is 0 Å². The van der Waals surface area contributed by atoms with Gasteiger partial charge in [-0.25, -0.2) is 18.0 Å². The highest BCUT2D eigenvalue weighted by Crippen LogP contribution is 2.22. The molecule has 0 N–H and O–H groups in total. The molecule has 0 amide bonds. The van der Waals surface area contributed by atoms with E-state index in [2.05, 4.69) is 4.99 Å². The van der Waals surface area contributed by atoms with Crippen molar-refractivity contribution in [2.75, 3.05) is 6.61 Å². The number of nitrogens with zero attached hydrogens (tertiary/aromatic N) is 1. The molecule has 0 fully saturated rings. The molecule has 0 spiro atoms. The lowest BCUT2D eigenvalue weighted by Crippen LogP contribution is -2.08. The lowest BCUT2D eigenvalue weighted by molar-refractivity contribution is 0.0734. The van der Waals surface area contributed by atoms with Crippen molar-refractivity contribution in [3.63, 3.8) is 0 Å². The normalized spacial score (nSPS) is 10.9. The fourth-order valence-electron chi connectivity index (χ4n) is 2.40. The maximum absolute atomic E-state index is 13.6. The molecule has 3 aromatic rings. The van der Waals surface area contributed by atoms with Crippen molar-refractivity contribution < 1.29 is 27.4 Å². The van der Waals surface area contributed by atoms with Gasteiger partial charge >= 0.3 is 5.97 Å². The van der Waals surface area contributed by atoms with Crippen LogP contribution in [0, 0.1) is 17.5 Å². The van der Waals surface area contributed by atoms with Crippen LogP contribution >= 0.6 is 0 Å². The zero-order valence-corrected chi connectivity index (χ0v) is 15.4. The summed E-state index contributed by atoms with van der Waals surface area (Å²) < 4.78 is 50.4. The number of ether oxygens (including phenoxy) is 2. The van der Waals surface area contributed by atoms with Gasteiger partial charge in [0.15, 0.2) is 17.5 Å². The number of hydrogen-bond donors (Lipinski definition) is 0. The van der Waals surface area contributed by atoms with Gasteiger partial charge in [-0.2, -0.15) is 0 Å². The molecule has 0 aliphatic carbocycles. The van der Waals surface area contributed by atoms with Gasteiger partial charge in [0.05, 0.1) is 12.2 Å². The highest BCUT2D eigenvalue weighted by molar-refractivity contribution is 5.91. The zero-order valence-electron chi connectivity index (χ0n) is 15.4. The van der Waals surface area contributed by atoms with Crippen LogP contribution in [0.2, 0.25) is 0 Å². The monoisotopic (exact) mass is 399 g/mol. The summed E-state index contributed by atoms with van der Waals surface area (Å²) in [5.41, 5.74) is 0.595. The number of carbonyl (C=O) groups excluding carboxylic acids is 1. The molecule has 0 unspecified atom stereocenters. The molecule has 0 radical (unpaired) electrons. The average Bonchev–Trinajstić information content (AvgIpc) is 2.73. The second-order valence-corrected chi connectivity index (χ2v) is 5.87. The number of aliphatic imine (C=N–C) groups is 1. The fraction of sp³-hybridized carbons (Fsp3) is 0.0909. The first kappa shape index (κ1) is 20.1. The lowest BCUT2D eigenvalue weighted by Gasteiger charge is -2.06. The Morgan fingerprint density at radius 1 is 0.897 bits per heavy atom.